The van der Waals surface area contributed by atoms with Crippen LogP contribution < -0.4 is 0 Å². The first-order chi connectivity index (χ1) is 11.0. The van der Waals surface area contributed by atoms with Crippen LogP contribution in [0.1, 0.15) is 22.4 Å². The van der Waals surface area contributed by atoms with Gasteiger partial charge in [-0.2, -0.15) is 5.10 Å². The van der Waals surface area contributed by atoms with Crippen LogP contribution in [0.25, 0.3) is 22.6 Å². The summed E-state index contributed by atoms with van der Waals surface area (Å²) in [6.45, 7) is 4.95. The van der Waals surface area contributed by atoms with Crippen molar-refractivity contribution < 1.29 is 9.90 Å². The zero-order valence-corrected chi connectivity index (χ0v) is 13.0. The van der Waals surface area contributed by atoms with Crippen molar-refractivity contribution in [2.24, 2.45) is 0 Å². The highest BCUT2D eigenvalue weighted by Crippen LogP contribution is 2.28. The Labute approximate surface area is 132 Å². The Morgan fingerprint density at radius 1 is 1.30 bits per heavy atom. The lowest BCUT2D eigenvalue weighted by molar-refractivity contribution is 0.140. The average molecular weight is 311 g/mol. The molecule has 1 aliphatic heterocycles. The number of imidazole rings is 1. The maximum Gasteiger partial charge on any atom is 0.407 e. The van der Waals surface area contributed by atoms with E-state index in [9.17, 15) is 9.90 Å². The molecule has 2 aromatic heterocycles. The Morgan fingerprint density at radius 3 is 2.87 bits per heavy atom. The maximum absolute atomic E-state index is 11.2. The first-order valence-electron chi connectivity index (χ1n) is 7.54. The average Bonchev–Trinajstić information content (AvgIpc) is 3.10. The first kappa shape index (κ1) is 13.8. The highest BCUT2D eigenvalue weighted by atomic mass is 16.4. The standard InChI is InChI=1S/C16H17N5O2/c1-8-5-12-13(6-9(8)2)18-15(17-12)14-10-7-21(16(22)23)4-3-11(10)19-20-14/h5-6H,3-4,7H2,1-2H3,(H,17,18)(H,19,20)(H,22,23). The highest BCUT2D eigenvalue weighted by molar-refractivity contribution is 5.81. The Bertz CT molecular complexity index is 885. The number of H-pyrrole nitrogens is 2. The van der Waals surface area contributed by atoms with Crippen LogP contribution in [0, 0.1) is 13.8 Å². The molecule has 0 spiro atoms. The van der Waals surface area contributed by atoms with E-state index >= 15 is 0 Å². The van der Waals surface area contributed by atoms with Gasteiger partial charge < -0.3 is 15.0 Å². The smallest absolute Gasteiger partial charge is 0.407 e. The molecule has 0 unspecified atom stereocenters. The van der Waals surface area contributed by atoms with Gasteiger partial charge in [0.25, 0.3) is 0 Å². The molecule has 118 valence electrons. The van der Waals surface area contributed by atoms with Crippen LogP contribution in [0.4, 0.5) is 4.79 Å². The second-order valence-corrected chi connectivity index (χ2v) is 6.02. The molecule has 7 heteroatoms. The van der Waals surface area contributed by atoms with E-state index in [0.717, 1.165) is 22.3 Å². The largest absolute Gasteiger partial charge is 0.465 e. The normalized spacial score (nSPS) is 14.3. The number of nitrogens with zero attached hydrogens (tertiary/aromatic N) is 3. The topological polar surface area (TPSA) is 97.9 Å². The van der Waals surface area contributed by atoms with E-state index in [0.29, 0.717) is 31.0 Å². The molecule has 4 rings (SSSR count). The van der Waals surface area contributed by atoms with Crippen molar-refractivity contribution in [3.63, 3.8) is 0 Å². The van der Waals surface area contributed by atoms with Crippen molar-refractivity contribution in [2.75, 3.05) is 6.54 Å². The second kappa shape index (κ2) is 4.84. The van der Waals surface area contributed by atoms with Gasteiger partial charge in [0.2, 0.25) is 0 Å². The molecule has 0 radical (unpaired) electrons. The maximum atomic E-state index is 11.2. The lowest BCUT2D eigenvalue weighted by atomic mass is 10.1. The Kier molecular flexibility index (Phi) is 2.90. The van der Waals surface area contributed by atoms with Crippen molar-refractivity contribution in [1.29, 1.82) is 0 Å². The van der Waals surface area contributed by atoms with Crippen LogP contribution in [0.5, 0.6) is 0 Å². The summed E-state index contributed by atoms with van der Waals surface area (Å²) in [5.41, 5.74) is 6.86. The number of rotatable bonds is 1. The van der Waals surface area contributed by atoms with Gasteiger partial charge >= 0.3 is 6.09 Å². The monoisotopic (exact) mass is 311 g/mol. The van der Waals surface area contributed by atoms with Crippen molar-refractivity contribution in [1.82, 2.24) is 25.1 Å². The zero-order valence-electron chi connectivity index (χ0n) is 13.0. The van der Waals surface area contributed by atoms with Gasteiger partial charge in [0.05, 0.1) is 17.6 Å². The highest BCUT2D eigenvalue weighted by Gasteiger charge is 2.26. The van der Waals surface area contributed by atoms with E-state index in [1.807, 2.05) is 6.07 Å². The van der Waals surface area contributed by atoms with Gasteiger partial charge in [-0.15, -0.1) is 0 Å². The minimum absolute atomic E-state index is 0.339. The fourth-order valence-corrected chi connectivity index (χ4v) is 3.04. The number of hydrogen-bond acceptors (Lipinski definition) is 3. The summed E-state index contributed by atoms with van der Waals surface area (Å²) in [5.74, 6) is 0.676. The number of hydrogen-bond donors (Lipinski definition) is 3. The van der Waals surface area contributed by atoms with E-state index < -0.39 is 6.09 Å². The lowest BCUT2D eigenvalue weighted by Crippen LogP contribution is -2.34. The van der Waals surface area contributed by atoms with Crippen molar-refractivity contribution in [3.05, 3.63) is 34.5 Å². The Balaban J connectivity index is 1.80. The molecule has 0 saturated carbocycles. The van der Waals surface area contributed by atoms with Gasteiger partial charge in [-0.1, -0.05) is 0 Å². The summed E-state index contributed by atoms with van der Waals surface area (Å²) in [4.78, 5) is 20.6. The van der Waals surface area contributed by atoms with Crippen molar-refractivity contribution in [2.45, 2.75) is 26.8 Å². The number of benzene rings is 1. The quantitative estimate of drug-likeness (QED) is 0.643. The summed E-state index contributed by atoms with van der Waals surface area (Å²) in [7, 11) is 0. The number of aromatic nitrogens is 4. The lowest BCUT2D eigenvalue weighted by Gasteiger charge is -2.23. The van der Waals surface area contributed by atoms with Crippen molar-refractivity contribution in [3.8, 4) is 11.5 Å². The van der Waals surface area contributed by atoms with Crippen LogP contribution in [0.2, 0.25) is 0 Å². The third kappa shape index (κ3) is 2.16. The summed E-state index contributed by atoms with van der Waals surface area (Å²) in [6.07, 6.45) is -0.258. The fourth-order valence-electron chi connectivity index (χ4n) is 3.04. The van der Waals surface area contributed by atoms with Gasteiger partial charge in [0, 0.05) is 24.2 Å². The summed E-state index contributed by atoms with van der Waals surface area (Å²) >= 11 is 0. The van der Waals surface area contributed by atoms with Gasteiger partial charge in [-0.3, -0.25) is 5.10 Å². The third-order valence-electron chi connectivity index (χ3n) is 4.53. The molecule has 1 amide bonds. The van der Waals surface area contributed by atoms with Crippen molar-refractivity contribution >= 4 is 17.1 Å². The van der Waals surface area contributed by atoms with E-state index in [2.05, 4.69) is 40.1 Å². The SMILES string of the molecule is Cc1cc2nc(-c3n[nH]c4c3CN(C(=O)O)CC4)[nH]c2cc1C. The molecule has 0 aliphatic carbocycles. The molecule has 23 heavy (non-hydrogen) atoms. The molecule has 3 heterocycles. The molecule has 1 aliphatic rings. The van der Waals surface area contributed by atoms with Gasteiger partial charge in [-0.05, 0) is 37.1 Å². The molecular formula is C16H17N5O2. The molecule has 0 bridgehead atoms. The first-order valence-corrected chi connectivity index (χ1v) is 7.54. The molecule has 0 saturated heterocycles. The van der Waals surface area contributed by atoms with Gasteiger partial charge in [0.15, 0.2) is 5.82 Å². The van der Waals surface area contributed by atoms with E-state index in [1.54, 1.807) is 0 Å². The van der Waals surface area contributed by atoms with E-state index in [1.165, 1.54) is 16.0 Å². The minimum atomic E-state index is -0.904. The zero-order chi connectivity index (χ0) is 16.1. The van der Waals surface area contributed by atoms with Crippen LogP contribution >= 0.6 is 0 Å². The Morgan fingerprint density at radius 2 is 2.09 bits per heavy atom. The second-order valence-electron chi connectivity index (χ2n) is 6.02. The number of amides is 1. The van der Waals surface area contributed by atoms with Crippen LogP contribution in [-0.4, -0.2) is 42.8 Å². The summed E-state index contributed by atoms with van der Waals surface area (Å²) < 4.78 is 0. The third-order valence-corrected chi connectivity index (χ3v) is 4.53. The van der Waals surface area contributed by atoms with E-state index in [-0.39, 0.29) is 0 Å². The van der Waals surface area contributed by atoms with Crippen LogP contribution in [0.3, 0.4) is 0 Å². The number of aryl methyl sites for hydroxylation is 2. The predicted octanol–water partition coefficient (Wildman–Crippen LogP) is 2.61. The van der Waals surface area contributed by atoms with Gasteiger partial charge in [-0.25, -0.2) is 9.78 Å². The van der Waals surface area contributed by atoms with Gasteiger partial charge in [0.1, 0.15) is 5.69 Å². The molecular weight excluding hydrogens is 294 g/mol. The molecule has 1 aromatic carbocycles. The minimum Gasteiger partial charge on any atom is -0.465 e. The molecule has 0 atom stereocenters. The number of aromatic amines is 2. The van der Waals surface area contributed by atoms with Crippen LogP contribution in [-0.2, 0) is 13.0 Å². The number of carbonyl (C=O) groups is 1. The summed E-state index contributed by atoms with van der Waals surface area (Å²) in [6, 6.07) is 4.12. The Hall–Kier alpha value is -2.83. The molecule has 3 aromatic rings. The summed E-state index contributed by atoms with van der Waals surface area (Å²) in [5, 5.41) is 16.6. The predicted molar refractivity (Wildman–Crippen MR) is 85.3 cm³/mol. The fraction of sp³-hybridized carbons (Fsp3) is 0.312. The molecule has 0 fully saturated rings. The van der Waals surface area contributed by atoms with Crippen LogP contribution in [0.15, 0.2) is 12.1 Å². The number of nitrogens with one attached hydrogen (secondary N) is 2. The van der Waals surface area contributed by atoms with E-state index in [4.69, 9.17) is 0 Å². The molecule has 7 nitrogen and oxygen atoms in total. The number of fused-ring (bicyclic) bond motifs is 2. The molecule has 3 N–H and O–H groups in total. The number of carboxylic acid groups (broad SMARTS) is 1.